The van der Waals surface area contributed by atoms with Crippen molar-refractivity contribution in [2.24, 2.45) is 0 Å². The van der Waals surface area contributed by atoms with E-state index in [-0.39, 0.29) is 0 Å². The van der Waals surface area contributed by atoms with E-state index < -0.39 is 0 Å². The van der Waals surface area contributed by atoms with E-state index in [1.165, 1.54) is 0 Å². The van der Waals surface area contributed by atoms with E-state index in [9.17, 15) is 0 Å². The number of hydrogen-bond donors (Lipinski definition) is 1. The van der Waals surface area contributed by atoms with Crippen LogP contribution in [0, 0.1) is 0 Å². The third-order valence-corrected chi connectivity index (χ3v) is 5.05. The molecule has 7 nitrogen and oxygen atoms in total. The number of nitrogens with zero attached hydrogens (tertiary/aromatic N) is 5. The van der Waals surface area contributed by atoms with Crippen LogP contribution in [-0.4, -0.2) is 52.8 Å². The van der Waals surface area contributed by atoms with Gasteiger partial charge in [0, 0.05) is 31.9 Å². The smallest absolute Gasteiger partial charge is 0.249 e. The fraction of sp³-hybridized carbons (Fsp3) is 0.318. The van der Waals surface area contributed by atoms with E-state index in [0.29, 0.717) is 12.6 Å². The van der Waals surface area contributed by atoms with Crippen LogP contribution >= 0.6 is 0 Å². The lowest BCUT2D eigenvalue weighted by Gasteiger charge is -2.34. The minimum atomic E-state index is 0.498. The van der Waals surface area contributed by atoms with Crippen LogP contribution in [0.15, 0.2) is 60.8 Å². The van der Waals surface area contributed by atoms with E-state index in [1.807, 2.05) is 42.5 Å². The van der Waals surface area contributed by atoms with Crippen molar-refractivity contribution in [1.82, 2.24) is 20.1 Å². The van der Waals surface area contributed by atoms with E-state index >= 15 is 0 Å². The van der Waals surface area contributed by atoms with E-state index in [4.69, 9.17) is 4.74 Å². The number of hydrogen-bond acceptors (Lipinski definition) is 7. The second-order valence-corrected chi connectivity index (χ2v) is 6.98. The molecule has 3 aromatic rings. The minimum Gasteiger partial charge on any atom is -0.489 e. The van der Waals surface area contributed by atoms with Crippen LogP contribution in [0.5, 0.6) is 5.75 Å². The van der Waals surface area contributed by atoms with Crippen molar-refractivity contribution >= 4 is 17.5 Å². The van der Waals surface area contributed by atoms with Crippen molar-refractivity contribution in [2.45, 2.75) is 13.5 Å². The maximum atomic E-state index is 5.83. The molecule has 2 heterocycles. The Labute approximate surface area is 171 Å². The van der Waals surface area contributed by atoms with Crippen molar-refractivity contribution < 1.29 is 4.74 Å². The fourth-order valence-corrected chi connectivity index (χ4v) is 3.30. The van der Waals surface area contributed by atoms with E-state index in [1.54, 1.807) is 6.20 Å². The van der Waals surface area contributed by atoms with Crippen molar-refractivity contribution in [3.8, 4) is 5.75 Å². The van der Waals surface area contributed by atoms with Gasteiger partial charge in [-0.05, 0) is 36.4 Å². The zero-order valence-corrected chi connectivity index (χ0v) is 16.7. The lowest BCUT2D eigenvalue weighted by atomic mass is 10.2. The average Bonchev–Trinajstić information content (AvgIpc) is 2.79. The molecule has 1 N–H and O–H groups in total. The Balaban J connectivity index is 1.34. The summed E-state index contributed by atoms with van der Waals surface area (Å²) in [6, 6.07) is 17.9. The third kappa shape index (κ3) is 5.20. The predicted molar refractivity (Wildman–Crippen MR) is 115 cm³/mol. The van der Waals surface area contributed by atoms with Crippen LogP contribution in [0.4, 0.5) is 17.5 Å². The quantitative estimate of drug-likeness (QED) is 0.664. The first-order valence-corrected chi connectivity index (χ1v) is 10.0. The molecule has 7 heteroatoms. The van der Waals surface area contributed by atoms with Crippen LogP contribution in [-0.2, 0) is 6.61 Å². The molecule has 1 aliphatic heterocycles. The first kappa shape index (κ1) is 19.1. The molecule has 150 valence electrons. The van der Waals surface area contributed by atoms with Crippen LogP contribution in [0.1, 0.15) is 12.5 Å². The summed E-state index contributed by atoms with van der Waals surface area (Å²) in [5, 5.41) is 11.5. The lowest BCUT2D eigenvalue weighted by molar-refractivity contribution is 0.270. The summed E-state index contributed by atoms with van der Waals surface area (Å²) in [6.07, 6.45) is 1.73. The fourth-order valence-electron chi connectivity index (χ4n) is 3.30. The van der Waals surface area contributed by atoms with Gasteiger partial charge in [-0.1, -0.05) is 37.3 Å². The second-order valence-electron chi connectivity index (χ2n) is 6.98. The number of benzene rings is 2. The first-order valence-electron chi connectivity index (χ1n) is 10.0. The van der Waals surface area contributed by atoms with Gasteiger partial charge in [-0.25, -0.2) is 0 Å². The number of aromatic nitrogens is 3. The van der Waals surface area contributed by atoms with Crippen molar-refractivity contribution in [1.29, 1.82) is 0 Å². The predicted octanol–water partition coefficient (Wildman–Crippen LogP) is 3.34. The lowest BCUT2D eigenvalue weighted by Crippen LogP contribution is -2.46. The molecule has 0 aliphatic carbocycles. The Bertz CT molecular complexity index is 895. The Kier molecular flexibility index (Phi) is 6.16. The van der Waals surface area contributed by atoms with Gasteiger partial charge in [0.2, 0.25) is 5.95 Å². The highest BCUT2D eigenvalue weighted by atomic mass is 16.5. The van der Waals surface area contributed by atoms with Crippen molar-refractivity contribution in [3.63, 3.8) is 0 Å². The summed E-state index contributed by atoms with van der Waals surface area (Å²) in [6.45, 7) is 7.85. The zero-order chi connectivity index (χ0) is 19.9. The molecule has 0 spiro atoms. The van der Waals surface area contributed by atoms with Gasteiger partial charge in [0.05, 0.1) is 6.20 Å². The Morgan fingerprint density at radius 2 is 1.72 bits per heavy atom. The van der Waals surface area contributed by atoms with Gasteiger partial charge in [0.25, 0.3) is 0 Å². The SMILES string of the molecule is CCN1CCN(c2cnnc(Nc3ccc(OCc4ccccc4)cc3)n2)CC1. The Morgan fingerprint density at radius 3 is 2.45 bits per heavy atom. The van der Waals surface area contributed by atoms with Gasteiger partial charge in [-0.3, -0.25) is 0 Å². The summed E-state index contributed by atoms with van der Waals surface area (Å²) in [5.74, 6) is 2.18. The summed E-state index contributed by atoms with van der Waals surface area (Å²) in [5.41, 5.74) is 2.04. The maximum absolute atomic E-state index is 5.83. The summed E-state index contributed by atoms with van der Waals surface area (Å²) < 4.78 is 5.83. The van der Waals surface area contributed by atoms with Crippen LogP contribution in [0.3, 0.4) is 0 Å². The number of anilines is 3. The number of likely N-dealkylation sites (N-methyl/N-ethyl adjacent to an activating group) is 1. The van der Waals surface area contributed by atoms with Gasteiger partial charge in [-0.15, -0.1) is 5.10 Å². The molecule has 2 aromatic carbocycles. The summed E-state index contributed by atoms with van der Waals surface area (Å²) >= 11 is 0. The molecular weight excluding hydrogens is 364 g/mol. The summed E-state index contributed by atoms with van der Waals surface area (Å²) in [7, 11) is 0. The molecule has 0 atom stereocenters. The van der Waals surface area contributed by atoms with Gasteiger partial charge in [-0.2, -0.15) is 10.1 Å². The average molecular weight is 390 g/mol. The minimum absolute atomic E-state index is 0.498. The topological polar surface area (TPSA) is 66.4 Å². The highest BCUT2D eigenvalue weighted by Crippen LogP contribution is 2.20. The number of ether oxygens (including phenoxy) is 1. The highest BCUT2D eigenvalue weighted by Gasteiger charge is 2.17. The molecule has 4 rings (SSSR count). The molecule has 1 fully saturated rings. The van der Waals surface area contributed by atoms with Crippen molar-refractivity contribution in [3.05, 3.63) is 66.4 Å². The first-order chi connectivity index (χ1) is 14.3. The maximum Gasteiger partial charge on any atom is 0.249 e. The molecule has 0 radical (unpaired) electrons. The number of piperazine rings is 1. The summed E-state index contributed by atoms with van der Waals surface area (Å²) in [4.78, 5) is 9.33. The zero-order valence-electron chi connectivity index (χ0n) is 16.7. The molecule has 1 aliphatic rings. The van der Waals surface area contributed by atoms with E-state index in [2.05, 4.69) is 49.4 Å². The van der Waals surface area contributed by atoms with Crippen LogP contribution in [0.2, 0.25) is 0 Å². The molecule has 29 heavy (non-hydrogen) atoms. The van der Waals surface area contributed by atoms with Crippen LogP contribution in [0.25, 0.3) is 0 Å². The normalized spacial score (nSPS) is 14.6. The molecule has 0 bridgehead atoms. The standard InChI is InChI=1S/C22H26N6O/c1-2-27-12-14-28(15-13-27)21-16-23-26-22(25-21)24-19-8-10-20(11-9-19)29-17-18-6-4-3-5-7-18/h3-11,16H,2,12-15,17H2,1H3,(H,24,25,26). The Morgan fingerprint density at radius 1 is 0.966 bits per heavy atom. The van der Waals surface area contributed by atoms with Gasteiger partial charge >= 0.3 is 0 Å². The molecule has 1 aromatic heterocycles. The van der Waals surface area contributed by atoms with Crippen molar-refractivity contribution in [2.75, 3.05) is 42.9 Å². The van der Waals surface area contributed by atoms with Crippen LogP contribution < -0.4 is 15.0 Å². The molecule has 1 saturated heterocycles. The van der Waals surface area contributed by atoms with Gasteiger partial charge in [0.15, 0.2) is 5.82 Å². The third-order valence-electron chi connectivity index (χ3n) is 5.05. The second kappa shape index (κ2) is 9.34. The molecule has 0 amide bonds. The number of rotatable bonds is 7. The Hall–Kier alpha value is -3.19. The molecular formula is C22H26N6O. The molecule has 0 unspecified atom stereocenters. The highest BCUT2D eigenvalue weighted by molar-refractivity contribution is 5.55. The molecule has 0 saturated carbocycles. The van der Waals surface area contributed by atoms with Gasteiger partial charge in [0.1, 0.15) is 12.4 Å². The largest absolute Gasteiger partial charge is 0.489 e. The van der Waals surface area contributed by atoms with Gasteiger partial charge < -0.3 is 19.9 Å². The van der Waals surface area contributed by atoms with E-state index in [0.717, 1.165) is 55.5 Å². The number of nitrogens with one attached hydrogen (secondary N) is 1. The monoisotopic (exact) mass is 390 g/mol.